The number of aromatic nitrogens is 1. The van der Waals surface area contributed by atoms with Crippen molar-refractivity contribution >= 4 is 29.5 Å². The summed E-state index contributed by atoms with van der Waals surface area (Å²) in [5, 5.41) is 0. The van der Waals surface area contributed by atoms with Gasteiger partial charge >= 0.3 is 0 Å². The van der Waals surface area contributed by atoms with Crippen LogP contribution in [0, 0.1) is 0 Å². The van der Waals surface area contributed by atoms with Crippen molar-refractivity contribution in [1.82, 2.24) is 4.98 Å². The lowest BCUT2D eigenvalue weighted by molar-refractivity contribution is -0.106. The summed E-state index contributed by atoms with van der Waals surface area (Å²) in [7, 11) is 3.89. The second kappa shape index (κ2) is 6.02. The molecule has 1 heterocycles. The Morgan fingerprint density at radius 1 is 1.10 bits per heavy atom. The van der Waals surface area contributed by atoms with Crippen molar-refractivity contribution in [3.05, 3.63) is 54.9 Å². The van der Waals surface area contributed by atoms with E-state index in [0.29, 0.717) is 0 Å². The molecular weight excluding hydrogens is 250 g/mol. The molecule has 0 unspecified atom stereocenters. The van der Waals surface area contributed by atoms with E-state index in [1.165, 1.54) is 0 Å². The van der Waals surface area contributed by atoms with Gasteiger partial charge < -0.3 is 4.90 Å². The van der Waals surface area contributed by atoms with Crippen LogP contribution in [0.15, 0.2) is 49.2 Å². The normalized spacial score (nSPS) is 9.90. The van der Waals surface area contributed by atoms with Crippen molar-refractivity contribution in [3.8, 4) is 0 Å². The SMILES string of the molecule is C=Cc1ccc(N(C=O)c2ccccc2N(C)C)cn1. The van der Waals surface area contributed by atoms with E-state index in [2.05, 4.69) is 11.6 Å². The van der Waals surface area contributed by atoms with Crippen molar-refractivity contribution in [2.24, 2.45) is 0 Å². The van der Waals surface area contributed by atoms with Gasteiger partial charge in [-0.1, -0.05) is 18.7 Å². The Labute approximate surface area is 119 Å². The van der Waals surface area contributed by atoms with E-state index in [9.17, 15) is 4.79 Å². The van der Waals surface area contributed by atoms with Crippen LogP contribution in [-0.4, -0.2) is 25.5 Å². The molecule has 0 spiro atoms. The Kier molecular flexibility index (Phi) is 4.15. The third-order valence-electron chi connectivity index (χ3n) is 2.99. The Morgan fingerprint density at radius 2 is 1.80 bits per heavy atom. The zero-order chi connectivity index (χ0) is 14.5. The molecular formula is C16H17N3O. The van der Waals surface area contributed by atoms with Gasteiger partial charge in [-0.2, -0.15) is 0 Å². The van der Waals surface area contributed by atoms with E-state index in [4.69, 9.17) is 0 Å². The van der Waals surface area contributed by atoms with E-state index >= 15 is 0 Å². The lowest BCUT2D eigenvalue weighted by Crippen LogP contribution is -2.19. The topological polar surface area (TPSA) is 36.4 Å². The highest BCUT2D eigenvalue weighted by atomic mass is 16.1. The molecule has 0 aliphatic carbocycles. The summed E-state index contributed by atoms with van der Waals surface area (Å²) in [5.74, 6) is 0. The fourth-order valence-corrected chi connectivity index (χ4v) is 1.96. The van der Waals surface area contributed by atoms with Crippen LogP contribution in [0.4, 0.5) is 17.1 Å². The van der Waals surface area contributed by atoms with Crippen molar-refractivity contribution in [2.75, 3.05) is 23.9 Å². The Bertz CT molecular complexity index is 605. The molecule has 0 atom stereocenters. The van der Waals surface area contributed by atoms with Gasteiger partial charge in [0, 0.05) is 14.1 Å². The molecule has 4 heteroatoms. The lowest BCUT2D eigenvalue weighted by Gasteiger charge is -2.24. The molecule has 0 N–H and O–H groups in total. The maximum atomic E-state index is 11.5. The van der Waals surface area contributed by atoms with E-state index < -0.39 is 0 Å². The molecule has 1 amide bonds. The number of amides is 1. The van der Waals surface area contributed by atoms with E-state index in [1.54, 1.807) is 17.2 Å². The number of benzene rings is 1. The van der Waals surface area contributed by atoms with Gasteiger partial charge in [-0.05, 0) is 30.3 Å². The third-order valence-corrected chi connectivity index (χ3v) is 2.99. The number of carbonyl (C=O) groups excluding carboxylic acids is 1. The quantitative estimate of drug-likeness (QED) is 0.781. The summed E-state index contributed by atoms with van der Waals surface area (Å²) in [6, 6.07) is 11.4. The second-order valence-corrected chi connectivity index (χ2v) is 4.50. The number of hydrogen-bond acceptors (Lipinski definition) is 3. The summed E-state index contributed by atoms with van der Waals surface area (Å²) in [6.07, 6.45) is 4.13. The van der Waals surface area contributed by atoms with Gasteiger partial charge in [-0.25, -0.2) is 0 Å². The fourth-order valence-electron chi connectivity index (χ4n) is 1.96. The Hall–Kier alpha value is -2.62. The first-order valence-electron chi connectivity index (χ1n) is 6.26. The number of anilines is 3. The molecule has 1 aromatic heterocycles. The van der Waals surface area contributed by atoms with Gasteiger partial charge in [0.1, 0.15) is 0 Å². The van der Waals surface area contributed by atoms with E-state index in [-0.39, 0.29) is 0 Å². The van der Waals surface area contributed by atoms with E-state index in [0.717, 1.165) is 29.2 Å². The number of pyridine rings is 1. The molecule has 20 heavy (non-hydrogen) atoms. The first-order chi connectivity index (χ1) is 9.67. The maximum Gasteiger partial charge on any atom is 0.218 e. The van der Waals surface area contributed by atoms with Crippen LogP contribution in [-0.2, 0) is 4.79 Å². The highest BCUT2D eigenvalue weighted by Crippen LogP contribution is 2.31. The lowest BCUT2D eigenvalue weighted by atomic mass is 10.2. The maximum absolute atomic E-state index is 11.5. The van der Waals surface area contributed by atoms with Crippen LogP contribution in [0.1, 0.15) is 5.69 Å². The van der Waals surface area contributed by atoms with Crippen LogP contribution in [0.25, 0.3) is 6.08 Å². The Morgan fingerprint density at radius 3 is 2.30 bits per heavy atom. The van der Waals surface area contributed by atoms with Crippen molar-refractivity contribution in [3.63, 3.8) is 0 Å². The highest BCUT2D eigenvalue weighted by Gasteiger charge is 2.13. The highest BCUT2D eigenvalue weighted by molar-refractivity contribution is 5.91. The molecule has 4 nitrogen and oxygen atoms in total. The molecule has 0 radical (unpaired) electrons. The summed E-state index contributed by atoms with van der Waals surface area (Å²) < 4.78 is 0. The predicted octanol–water partition coefficient (Wildman–Crippen LogP) is 3.09. The van der Waals surface area contributed by atoms with Crippen LogP contribution >= 0.6 is 0 Å². The minimum Gasteiger partial charge on any atom is -0.376 e. The monoisotopic (exact) mass is 267 g/mol. The fraction of sp³-hybridized carbons (Fsp3) is 0.125. The molecule has 102 valence electrons. The van der Waals surface area contributed by atoms with Gasteiger partial charge in [0.05, 0.1) is 29.0 Å². The molecule has 0 saturated carbocycles. The minimum atomic E-state index is 0.722. The largest absolute Gasteiger partial charge is 0.376 e. The van der Waals surface area contributed by atoms with Crippen molar-refractivity contribution in [2.45, 2.75) is 0 Å². The van der Waals surface area contributed by atoms with Crippen molar-refractivity contribution in [1.29, 1.82) is 0 Å². The number of rotatable bonds is 5. The first kappa shape index (κ1) is 13.8. The number of hydrogen-bond donors (Lipinski definition) is 0. The second-order valence-electron chi connectivity index (χ2n) is 4.50. The molecule has 0 aliphatic rings. The number of nitrogens with zero attached hydrogens (tertiary/aromatic N) is 3. The van der Waals surface area contributed by atoms with Crippen LogP contribution < -0.4 is 9.80 Å². The van der Waals surface area contributed by atoms with Crippen LogP contribution in [0.5, 0.6) is 0 Å². The van der Waals surface area contributed by atoms with Crippen LogP contribution in [0.2, 0.25) is 0 Å². The van der Waals surface area contributed by atoms with Gasteiger partial charge in [-0.3, -0.25) is 14.7 Å². The Balaban J connectivity index is 2.46. The standard InChI is InChI=1S/C16H17N3O/c1-4-13-9-10-14(11-17-13)19(12-20)16-8-6-5-7-15(16)18(2)3/h4-12H,1H2,2-3H3. The number of para-hydroxylation sites is 2. The minimum absolute atomic E-state index is 0.722. The van der Waals surface area contributed by atoms with Gasteiger partial charge in [0.2, 0.25) is 6.41 Å². The average molecular weight is 267 g/mol. The molecule has 0 fully saturated rings. The predicted molar refractivity (Wildman–Crippen MR) is 83.3 cm³/mol. The molecule has 0 aliphatic heterocycles. The molecule has 0 bridgehead atoms. The molecule has 0 saturated heterocycles. The van der Waals surface area contributed by atoms with Gasteiger partial charge in [0.25, 0.3) is 0 Å². The summed E-state index contributed by atoms with van der Waals surface area (Å²) in [4.78, 5) is 19.3. The molecule has 2 rings (SSSR count). The van der Waals surface area contributed by atoms with Gasteiger partial charge in [-0.15, -0.1) is 0 Å². The summed E-state index contributed by atoms with van der Waals surface area (Å²) in [5.41, 5.74) is 3.29. The number of carbonyl (C=O) groups is 1. The summed E-state index contributed by atoms with van der Waals surface area (Å²) >= 11 is 0. The zero-order valence-corrected chi connectivity index (χ0v) is 11.7. The smallest absolute Gasteiger partial charge is 0.218 e. The molecule has 1 aromatic carbocycles. The molecule has 2 aromatic rings. The third kappa shape index (κ3) is 2.69. The first-order valence-corrected chi connectivity index (χ1v) is 6.26. The summed E-state index contributed by atoms with van der Waals surface area (Å²) in [6.45, 7) is 3.67. The van der Waals surface area contributed by atoms with E-state index in [1.807, 2.05) is 55.4 Å². The van der Waals surface area contributed by atoms with Crippen molar-refractivity contribution < 1.29 is 4.79 Å². The van der Waals surface area contributed by atoms with Gasteiger partial charge in [0.15, 0.2) is 0 Å². The zero-order valence-electron chi connectivity index (χ0n) is 11.7. The van der Waals surface area contributed by atoms with Crippen LogP contribution in [0.3, 0.4) is 0 Å². The average Bonchev–Trinajstić information content (AvgIpc) is 2.49.